The van der Waals surface area contributed by atoms with Gasteiger partial charge in [0.05, 0.1) is 12.7 Å². The van der Waals surface area contributed by atoms with E-state index in [0.717, 1.165) is 17.7 Å². The van der Waals surface area contributed by atoms with E-state index in [1.807, 2.05) is 37.3 Å². The lowest BCUT2D eigenvalue weighted by Gasteiger charge is -2.13. The van der Waals surface area contributed by atoms with Gasteiger partial charge in [-0.1, -0.05) is 0 Å². The first-order valence-corrected chi connectivity index (χ1v) is 9.16. The zero-order chi connectivity index (χ0) is 19.1. The first kappa shape index (κ1) is 25.0. The molecule has 0 saturated carbocycles. The fourth-order valence-electron chi connectivity index (χ4n) is 2.88. The third-order valence-electron chi connectivity index (χ3n) is 4.29. The van der Waals surface area contributed by atoms with Crippen molar-refractivity contribution in [2.24, 2.45) is 5.73 Å². The number of carbonyl (C=O) groups is 1. The summed E-state index contributed by atoms with van der Waals surface area (Å²) in [7, 11) is 0. The molecule has 2 atom stereocenters. The van der Waals surface area contributed by atoms with E-state index < -0.39 is 6.10 Å². The summed E-state index contributed by atoms with van der Waals surface area (Å²) in [5.74, 6) is 1.81. The number of rotatable bonds is 8. The topological polar surface area (TPSA) is 95.7 Å². The number of nitrogens with zero attached hydrogens (tertiary/aromatic N) is 1. The van der Waals surface area contributed by atoms with Crippen LogP contribution in [0.1, 0.15) is 25.3 Å². The largest absolute Gasteiger partial charge is 0.494 e. The van der Waals surface area contributed by atoms with Crippen molar-refractivity contribution in [1.29, 1.82) is 0 Å². The number of halogens is 2. The third-order valence-corrected chi connectivity index (χ3v) is 4.29. The van der Waals surface area contributed by atoms with Crippen LogP contribution in [-0.4, -0.2) is 36.3 Å². The molecular formula is C20H27Cl2N3O4. The molecule has 1 fully saturated rings. The highest BCUT2D eigenvalue weighted by atomic mass is 35.5. The van der Waals surface area contributed by atoms with Gasteiger partial charge in [0.15, 0.2) is 0 Å². The molecule has 0 spiro atoms. The second kappa shape index (κ2) is 12.5. The van der Waals surface area contributed by atoms with Gasteiger partial charge in [0, 0.05) is 25.4 Å². The number of hydrogen-bond acceptors (Lipinski definition) is 6. The molecule has 0 unspecified atom stereocenters. The number of aromatic nitrogens is 1. The number of nitrogens with two attached hydrogens (primary N) is 1. The highest BCUT2D eigenvalue weighted by Gasteiger charge is 2.29. The third kappa shape index (κ3) is 7.36. The molecule has 1 amide bonds. The van der Waals surface area contributed by atoms with E-state index in [9.17, 15) is 4.79 Å². The van der Waals surface area contributed by atoms with Crippen molar-refractivity contribution in [3.8, 4) is 17.4 Å². The Morgan fingerprint density at radius 3 is 2.59 bits per heavy atom. The van der Waals surface area contributed by atoms with Gasteiger partial charge in [0.1, 0.15) is 17.6 Å². The molecule has 7 nitrogen and oxygen atoms in total. The van der Waals surface area contributed by atoms with E-state index in [1.165, 1.54) is 0 Å². The zero-order valence-corrected chi connectivity index (χ0v) is 17.8. The normalized spacial score (nSPS) is 17.6. The van der Waals surface area contributed by atoms with Crippen molar-refractivity contribution in [2.45, 2.75) is 38.5 Å². The average molecular weight is 444 g/mol. The molecule has 1 aromatic carbocycles. The minimum atomic E-state index is -0.417. The van der Waals surface area contributed by atoms with Crippen molar-refractivity contribution in [2.75, 3.05) is 13.2 Å². The van der Waals surface area contributed by atoms with Crippen molar-refractivity contribution < 1.29 is 19.0 Å². The van der Waals surface area contributed by atoms with E-state index in [-0.39, 0.29) is 36.8 Å². The van der Waals surface area contributed by atoms with Gasteiger partial charge in [-0.2, -0.15) is 0 Å². The maximum Gasteiger partial charge on any atom is 0.249 e. The van der Waals surface area contributed by atoms with Crippen molar-refractivity contribution >= 4 is 30.7 Å². The molecule has 0 radical (unpaired) electrons. The van der Waals surface area contributed by atoms with E-state index in [4.69, 9.17) is 19.9 Å². The van der Waals surface area contributed by atoms with Gasteiger partial charge in [-0.05, 0) is 55.7 Å². The Balaban J connectivity index is 0.00000210. The first-order valence-electron chi connectivity index (χ1n) is 9.16. The van der Waals surface area contributed by atoms with E-state index in [2.05, 4.69) is 10.3 Å². The van der Waals surface area contributed by atoms with Gasteiger partial charge < -0.3 is 25.3 Å². The van der Waals surface area contributed by atoms with Crippen LogP contribution in [0, 0.1) is 0 Å². The Bertz CT molecular complexity index is 762. The van der Waals surface area contributed by atoms with E-state index >= 15 is 0 Å². The summed E-state index contributed by atoms with van der Waals surface area (Å²) in [5, 5.41) is 2.89. The number of nitrogens with one attached hydrogen (secondary N) is 1. The minimum absolute atomic E-state index is 0. The SMILES string of the molecule is CCOc1ccc(Oc2cc(CNC(=O)[C@@H]3CC[C@H](CN)O3)ccn2)cc1.Cl.Cl. The van der Waals surface area contributed by atoms with Crippen LogP contribution in [0.15, 0.2) is 42.6 Å². The number of benzene rings is 1. The molecule has 1 saturated heterocycles. The van der Waals surface area contributed by atoms with Crippen molar-refractivity contribution in [3.05, 3.63) is 48.2 Å². The standard InChI is InChI=1S/C20H25N3O4.2ClH/c1-2-25-15-3-5-16(6-4-15)27-19-11-14(9-10-22-19)13-23-20(24)18-8-7-17(12-21)26-18;;/h3-6,9-11,17-18H,2,7-8,12-13,21H2,1H3,(H,23,24);2*1H/t17-,18+;;/m1../s1. The fraction of sp³-hybridized carbons (Fsp3) is 0.400. The fourth-order valence-corrected chi connectivity index (χ4v) is 2.88. The first-order chi connectivity index (χ1) is 13.2. The summed E-state index contributed by atoms with van der Waals surface area (Å²) in [6, 6.07) is 11.0. The predicted molar refractivity (Wildman–Crippen MR) is 115 cm³/mol. The quantitative estimate of drug-likeness (QED) is 0.649. The average Bonchev–Trinajstić information content (AvgIpc) is 3.18. The molecule has 1 aromatic heterocycles. The molecule has 1 aliphatic rings. The number of pyridine rings is 1. The lowest BCUT2D eigenvalue weighted by Crippen LogP contribution is -2.35. The van der Waals surface area contributed by atoms with Gasteiger partial charge in [-0.25, -0.2) is 4.98 Å². The number of hydrogen-bond donors (Lipinski definition) is 2. The number of carbonyl (C=O) groups excluding carboxylic acids is 1. The molecule has 0 aliphatic carbocycles. The monoisotopic (exact) mass is 443 g/mol. The summed E-state index contributed by atoms with van der Waals surface area (Å²) in [4.78, 5) is 16.4. The van der Waals surface area contributed by atoms with Crippen LogP contribution in [0.2, 0.25) is 0 Å². The van der Waals surface area contributed by atoms with Gasteiger partial charge >= 0.3 is 0 Å². The summed E-state index contributed by atoms with van der Waals surface area (Å²) in [6.45, 7) is 3.39. The number of amides is 1. The predicted octanol–water partition coefficient (Wildman–Crippen LogP) is 3.24. The molecule has 9 heteroatoms. The summed E-state index contributed by atoms with van der Waals surface area (Å²) < 4.78 is 16.8. The lowest BCUT2D eigenvalue weighted by molar-refractivity contribution is -0.132. The van der Waals surface area contributed by atoms with Crippen LogP contribution < -0.4 is 20.5 Å². The Hall–Kier alpha value is -2.06. The maximum absolute atomic E-state index is 12.2. The molecule has 160 valence electrons. The van der Waals surface area contributed by atoms with Crippen molar-refractivity contribution in [1.82, 2.24) is 10.3 Å². The van der Waals surface area contributed by atoms with Gasteiger partial charge in [-0.3, -0.25) is 4.79 Å². The Morgan fingerprint density at radius 2 is 1.93 bits per heavy atom. The molecule has 2 aromatic rings. The molecule has 3 rings (SSSR count). The van der Waals surface area contributed by atoms with Gasteiger partial charge in [0.2, 0.25) is 11.8 Å². The highest BCUT2D eigenvalue weighted by molar-refractivity contribution is 5.85. The van der Waals surface area contributed by atoms with Crippen LogP contribution in [-0.2, 0) is 16.1 Å². The summed E-state index contributed by atoms with van der Waals surface area (Å²) >= 11 is 0. The van der Waals surface area contributed by atoms with E-state index in [1.54, 1.807) is 12.3 Å². The second-order valence-electron chi connectivity index (χ2n) is 6.29. The van der Waals surface area contributed by atoms with Crippen LogP contribution >= 0.6 is 24.8 Å². The smallest absolute Gasteiger partial charge is 0.249 e. The second-order valence-corrected chi connectivity index (χ2v) is 6.29. The van der Waals surface area contributed by atoms with Crippen molar-refractivity contribution in [3.63, 3.8) is 0 Å². The molecule has 29 heavy (non-hydrogen) atoms. The van der Waals surface area contributed by atoms with Crippen LogP contribution in [0.5, 0.6) is 17.4 Å². The van der Waals surface area contributed by atoms with Crippen LogP contribution in [0.25, 0.3) is 0 Å². The minimum Gasteiger partial charge on any atom is -0.494 e. The Kier molecular flexibility index (Phi) is 10.8. The van der Waals surface area contributed by atoms with Gasteiger partial charge in [0.25, 0.3) is 0 Å². The number of ether oxygens (including phenoxy) is 3. The summed E-state index contributed by atoms with van der Waals surface area (Å²) in [5.41, 5.74) is 6.48. The maximum atomic E-state index is 12.2. The van der Waals surface area contributed by atoms with Crippen LogP contribution in [0.4, 0.5) is 0 Å². The zero-order valence-electron chi connectivity index (χ0n) is 16.2. The van der Waals surface area contributed by atoms with E-state index in [0.29, 0.717) is 37.7 Å². The molecule has 0 bridgehead atoms. The molecular weight excluding hydrogens is 417 g/mol. The highest BCUT2D eigenvalue weighted by Crippen LogP contribution is 2.23. The Labute approximate surface area is 183 Å². The molecule has 3 N–H and O–H groups in total. The summed E-state index contributed by atoms with van der Waals surface area (Å²) in [6.07, 6.45) is 2.75. The lowest BCUT2D eigenvalue weighted by atomic mass is 10.2. The van der Waals surface area contributed by atoms with Crippen LogP contribution in [0.3, 0.4) is 0 Å². The Morgan fingerprint density at radius 1 is 1.21 bits per heavy atom. The molecule has 2 heterocycles. The molecule has 1 aliphatic heterocycles. The van der Waals surface area contributed by atoms with Gasteiger partial charge in [-0.15, -0.1) is 24.8 Å².